The number of hydrogen-bond acceptors (Lipinski definition) is 6. The first kappa shape index (κ1) is 24.8. The number of Topliss-reactive ketones (excluding diaryl/α,β-unsaturated/α-hetero) is 2. The molecule has 194 valence electrons. The number of benzene rings is 2. The zero-order valence-electron chi connectivity index (χ0n) is 21.1. The standard InChI is InChI=1S/C31H29ClN2O4/c32-24-3-5-25(6-4-24)37-18-17-34-15-11-21(12-16-34)31-29(36)28(30(38-31)20-9-13-33-14-10-20)23-1-7-26-22(19-23)2-8-27(26)35/h1,3-7,9-10,13-14,19,21,31H,2,8,11-12,15-18H2. The van der Waals surface area contributed by atoms with Crippen molar-refractivity contribution in [1.29, 1.82) is 0 Å². The Morgan fingerprint density at radius 2 is 1.71 bits per heavy atom. The number of piperidine rings is 1. The van der Waals surface area contributed by atoms with Crippen LogP contribution in [0.2, 0.25) is 5.02 Å². The van der Waals surface area contributed by atoms with E-state index in [1.807, 2.05) is 54.6 Å². The second-order valence-electron chi connectivity index (χ2n) is 10.1. The lowest BCUT2D eigenvalue weighted by Gasteiger charge is -2.34. The van der Waals surface area contributed by atoms with Crippen LogP contribution in [0.3, 0.4) is 0 Å². The molecule has 1 unspecified atom stereocenters. The van der Waals surface area contributed by atoms with Gasteiger partial charge in [0.1, 0.15) is 18.1 Å². The summed E-state index contributed by atoms with van der Waals surface area (Å²) in [4.78, 5) is 32.5. The van der Waals surface area contributed by atoms with Crippen LogP contribution >= 0.6 is 11.6 Å². The van der Waals surface area contributed by atoms with Crippen molar-refractivity contribution in [3.8, 4) is 5.75 Å². The van der Waals surface area contributed by atoms with Gasteiger partial charge >= 0.3 is 0 Å². The van der Waals surface area contributed by atoms with Crippen LogP contribution in [0.1, 0.15) is 46.3 Å². The van der Waals surface area contributed by atoms with E-state index >= 15 is 0 Å². The highest BCUT2D eigenvalue weighted by molar-refractivity contribution is 6.31. The first-order valence-electron chi connectivity index (χ1n) is 13.2. The molecule has 1 saturated heterocycles. The van der Waals surface area contributed by atoms with Gasteiger partial charge in [-0.2, -0.15) is 0 Å². The van der Waals surface area contributed by atoms with Crippen molar-refractivity contribution in [3.05, 3.63) is 94.3 Å². The SMILES string of the molecule is O=C1CCc2cc(C3=C(c4ccncc4)OC(C4CCN(CCOc5ccc(Cl)cc5)CC4)C3=O)ccc21. The lowest BCUT2D eigenvalue weighted by molar-refractivity contribution is -0.122. The number of halogens is 1. The summed E-state index contributed by atoms with van der Waals surface area (Å²) in [5.74, 6) is 1.77. The number of fused-ring (bicyclic) bond motifs is 1. The van der Waals surface area contributed by atoms with E-state index in [0.29, 0.717) is 29.4 Å². The molecule has 1 atom stereocenters. The van der Waals surface area contributed by atoms with Crippen LogP contribution in [-0.2, 0) is 16.0 Å². The van der Waals surface area contributed by atoms with E-state index in [-0.39, 0.29) is 17.5 Å². The quantitative estimate of drug-likeness (QED) is 0.404. The maximum atomic E-state index is 13.9. The van der Waals surface area contributed by atoms with Gasteiger partial charge < -0.3 is 9.47 Å². The van der Waals surface area contributed by atoms with E-state index in [1.54, 1.807) is 12.4 Å². The summed E-state index contributed by atoms with van der Waals surface area (Å²) in [6.07, 6.45) is 5.94. The molecule has 3 aromatic rings. The third-order valence-electron chi connectivity index (χ3n) is 7.79. The Bertz CT molecular complexity index is 1380. The number of rotatable bonds is 7. The maximum Gasteiger partial charge on any atom is 0.207 e. The van der Waals surface area contributed by atoms with E-state index in [0.717, 1.165) is 66.9 Å². The molecule has 0 bridgehead atoms. The van der Waals surface area contributed by atoms with Crippen LogP contribution in [0, 0.1) is 5.92 Å². The van der Waals surface area contributed by atoms with Gasteiger partial charge in [0, 0.05) is 47.4 Å². The van der Waals surface area contributed by atoms with Crippen LogP contribution in [-0.4, -0.2) is 53.8 Å². The summed E-state index contributed by atoms with van der Waals surface area (Å²) < 4.78 is 12.3. The molecule has 0 radical (unpaired) electrons. The summed E-state index contributed by atoms with van der Waals surface area (Å²) in [7, 11) is 0. The number of pyridine rings is 1. The molecule has 38 heavy (non-hydrogen) atoms. The van der Waals surface area contributed by atoms with E-state index in [1.165, 1.54) is 0 Å². The van der Waals surface area contributed by atoms with Gasteiger partial charge in [0.25, 0.3) is 0 Å². The molecule has 0 N–H and O–H groups in total. The molecule has 1 fully saturated rings. The average molecular weight is 529 g/mol. The molecule has 0 saturated carbocycles. The third kappa shape index (κ3) is 4.98. The molecule has 2 aliphatic heterocycles. The van der Waals surface area contributed by atoms with Crippen molar-refractivity contribution < 1.29 is 19.1 Å². The van der Waals surface area contributed by atoms with Crippen molar-refractivity contribution in [2.75, 3.05) is 26.2 Å². The van der Waals surface area contributed by atoms with Gasteiger partial charge in [-0.15, -0.1) is 0 Å². The molecule has 3 heterocycles. The normalized spacial score (nSPS) is 20.1. The van der Waals surface area contributed by atoms with E-state index < -0.39 is 6.10 Å². The fourth-order valence-corrected chi connectivity index (χ4v) is 5.83. The Hall–Kier alpha value is -3.48. The first-order chi connectivity index (χ1) is 18.6. The molecule has 3 aliphatic rings. The molecule has 7 heteroatoms. The van der Waals surface area contributed by atoms with Crippen LogP contribution in [0.4, 0.5) is 0 Å². The fraction of sp³-hybridized carbons (Fsp3) is 0.323. The Labute approximate surface area is 227 Å². The highest BCUT2D eigenvalue weighted by Gasteiger charge is 2.42. The van der Waals surface area contributed by atoms with Crippen molar-refractivity contribution >= 4 is 34.5 Å². The smallest absolute Gasteiger partial charge is 0.207 e. The number of hydrogen-bond donors (Lipinski definition) is 0. The van der Waals surface area contributed by atoms with Crippen LogP contribution in [0.15, 0.2) is 67.0 Å². The lowest BCUT2D eigenvalue weighted by Crippen LogP contribution is -2.41. The van der Waals surface area contributed by atoms with Crippen LogP contribution in [0.5, 0.6) is 5.75 Å². The molecule has 0 amide bonds. The molecular formula is C31H29ClN2O4. The Kier molecular flexibility index (Phi) is 7.00. The predicted octanol–water partition coefficient (Wildman–Crippen LogP) is 5.49. The minimum atomic E-state index is -0.504. The van der Waals surface area contributed by atoms with E-state index in [2.05, 4.69) is 9.88 Å². The number of carbonyl (C=O) groups is 2. The molecule has 2 aromatic carbocycles. The van der Waals surface area contributed by atoms with Gasteiger partial charge in [0.2, 0.25) is 5.78 Å². The molecule has 6 nitrogen and oxygen atoms in total. The maximum absolute atomic E-state index is 13.9. The van der Waals surface area contributed by atoms with E-state index in [4.69, 9.17) is 21.1 Å². The van der Waals surface area contributed by atoms with Gasteiger partial charge in [-0.25, -0.2) is 0 Å². The Morgan fingerprint density at radius 3 is 2.47 bits per heavy atom. The number of ether oxygens (including phenoxy) is 2. The topological polar surface area (TPSA) is 68.7 Å². The molecule has 1 aromatic heterocycles. The molecule has 1 aliphatic carbocycles. The number of nitrogens with zero attached hydrogens (tertiary/aromatic N) is 2. The van der Waals surface area contributed by atoms with Gasteiger partial charge in [-0.05, 0) is 79.9 Å². The number of likely N-dealkylation sites (tertiary alicyclic amines) is 1. The summed E-state index contributed by atoms with van der Waals surface area (Å²) >= 11 is 5.94. The van der Waals surface area contributed by atoms with Gasteiger partial charge in [-0.1, -0.05) is 29.8 Å². The average Bonchev–Trinajstić information content (AvgIpc) is 3.50. The second kappa shape index (κ2) is 10.7. The predicted molar refractivity (Wildman–Crippen MR) is 146 cm³/mol. The minimum absolute atomic E-state index is 0.0330. The number of carbonyl (C=O) groups excluding carboxylic acids is 2. The highest BCUT2D eigenvalue weighted by Crippen LogP contribution is 2.41. The van der Waals surface area contributed by atoms with Crippen molar-refractivity contribution in [1.82, 2.24) is 9.88 Å². The molecular weight excluding hydrogens is 500 g/mol. The highest BCUT2D eigenvalue weighted by atomic mass is 35.5. The first-order valence-corrected chi connectivity index (χ1v) is 13.6. The summed E-state index contributed by atoms with van der Waals surface area (Å²) in [5, 5.41) is 0.694. The van der Waals surface area contributed by atoms with Crippen LogP contribution in [0.25, 0.3) is 11.3 Å². The second-order valence-corrected chi connectivity index (χ2v) is 10.6. The van der Waals surface area contributed by atoms with Gasteiger partial charge in [-0.3, -0.25) is 19.5 Å². The van der Waals surface area contributed by atoms with Crippen molar-refractivity contribution in [3.63, 3.8) is 0 Å². The minimum Gasteiger partial charge on any atom is -0.492 e. The monoisotopic (exact) mass is 528 g/mol. The molecule has 6 rings (SSSR count). The Morgan fingerprint density at radius 1 is 0.947 bits per heavy atom. The molecule has 0 spiro atoms. The Balaban J connectivity index is 1.14. The summed E-state index contributed by atoms with van der Waals surface area (Å²) in [5.41, 5.74) is 4.07. The largest absolute Gasteiger partial charge is 0.492 e. The van der Waals surface area contributed by atoms with Gasteiger partial charge in [0.05, 0.1) is 5.57 Å². The number of ketones is 2. The summed E-state index contributed by atoms with van der Waals surface area (Å²) in [6.45, 7) is 3.21. The van der Waals surface area contributed by atoms with Crippen molar-refractivity contribution in [2.45, 2.75) is 31.8 Å². The van der Waals surface area contributed by atoms with Gasteiger partial charge in [0.15, 0.2) is 11.9 Å². The van der Waals surface area contributed by atoms with Crippen LogP contribution < -0.4 is 4.74 Å². The zero-order chi connectivity index (χ0) is 26.1. The van der Waals surface area contributed by atoms with Crippen molar-refractivity contribution in [2.24, 2.45) is 5.92 Å². The zero-order valence-corrected chi connectivity index (χ0v) is 21.8. The summed E-state index contributed by atoms with van der Waals surface area (Å²) in [6, 6.07) is 16.9. The number of aryl methyl sites for hydroxylation is 1. The fourth-order valence-electron chi connectivity index (χ4n) is 5.71. The van der Waals surface area contributed by atoms with E-state index in [9.17, 15) is 9.59 Å². The third-order valence-corrected chi connectivity index (χ3v) is 8.04. The lowest BCUT2D eigenvalue weighted by atomic mass is 9.86. The number of aromatic nitrogens is 1.